The van der Waals surface area contributed by atoms with E-state index in [0.29, 0.717) is 0 Å². The normalized spacial score (nSPS) is 10.5. The van der Waals surface area contributed by atoms with Gasteiger partial charge in [0, 0.05) is 11.8 Å². The third-order valence-electron chi connectivity index (χ3n) is 1.31. The molecule has 1 N–H and O–H groups in total. The highest BCUT2D eigenvalue weighted by atomic mass is 19.3. The number of aromatic nitrogens is 1. The Labute approximate surface area is 62.5 Å². The van der Waals surface area contributed by atoms with Crippen LogP contribution in [0.1, 0.15) is 17.7 Å². The van der Waals surface area contributed by atoms with Crippen LogP contribution in [0.4, 0.5) is 8.78 Å². The molecule has 0 unspecified atom stereocenters. The standard InChI is InChI=1S/C7H7F2NO/c8-7(9)5-2-1-3-10-6(5)4-11/h1-3,7,11H,4H2. The van der Waals surface area contributed by atoms with Crippen LogP contribution in [0.5, 0.6) is 0 Å². The van der Waals surface area contributed by atoms with Crippen LogP contribution < -0.4 is 0 Å². The van der Waals surface area contributed by atoms with Crippen molar-refractivity contribution in [3.8, 4) is 0 Å². The van der Waals surface area contributed by atoms with Crippen molar-refractivity contribution in [2.45, 2.75) is 13.0 Å². The number of pyridine rings is 1. The van der Waals surface area contributed by atoms with Crippen molar-refractivity contribution in [3.63, 3.8) is 0 Å². The molecule has 0 bridgehead atoms. The molecule has 1 aromatic rings. The van der Waals surface area contributed by atoms with Crippen LogP contribution in [0.15, 0.2) is 18.3 Å². The van der Waals surface area contributed by atoms with Gasteiger partial charge in [-0.15, -0.1) is 0 Å². The van der Waals surface area contributed by atoms with Crippen molar-refractivity contribution in [2.24, 2.45) is 0 Å². The second-order valence-electron chi connectivity index (χ2n) is 2.00. The monoisotopic (exact) mass is 159 g/mol. The fraction of sp³-hybridized carbons (Fsp3) is 0.286. The average Bonchev–Trinajstić information content (AvgIpc) is 2.04. The van der Waals surface area contributed by atoms with E-state index in [1.165, 1.54) is 18.3 Å². The van der Waals surface area contributed by atoms with Crippen LogP contribution >= 0.6 is 0 Å². The molecule has 0 radical (unpaired) electrons. The molecule has 0 saturated heterocycles. The number of aliphatic hydroxyl groups is 1. The minimum atomic E-state index is -2.56. The first kappa shape index (κ1) is 8.07. The maximum absolute atomic E-state index is 12.1. The molecule has 1 rings (SSSR count). The minimum Gasteiger partial charge on any atom is -0.390 e. The van der Waals surface area contributed by atoms with E-state index >= 15 is 0 Å². The second kappa shape index (κ2) is 3.39. The van der Waals surface area contributed by atoms with Gasteiger partial charge >= 0.3 is 0 Å². The van der Waals surface area contributed by atoms with Gasteiger partial charge in [-0.2, -0.15) is 0 Å². The van der Waals surface area contributed by atoms with E-state index in [1.54, 1.807) is 0 Å². The van der Waals surface area contributed by atoms with E-state index in [2.05, 4.69) is 4.98 Å². The Morgan fingerprint density at radius 1 is 1.55 bits per heavy atom. The van der Waals surface area contributed by atoms with Crippen LogP contribution in [0.25, 0.3) is 0 Å². The van der Waals surface area contributed by atoms with Gasteiger partial charge < -0.3 is 5.11 Å². The minimum absolute atomic E-state index is 0.0440. The summed E-state index contributed by atoms with van der Waals surface area (Å²) in [5, 5.41) is 8.57. The van der Waals surface area contributed by atoms with Crippen molar-refractivity contribution in [3.05, 3.63) is 29.6 Å². The van der Waals surface area contributed by atoms with Crippen molar-refractivity contribution in [2.75, 3.05) is 0 Å². The molecule has 0 fully saturated rings. The van der Waals surface area contributed by atoms with Crippen molar-refractivity contribution in [1.82, 2.24) is 4.98 Å². The third-order valence-corrected chi connectivity index (χ3v) is 1.31. The molecule has 0 spiro atoms. The van der Waals surface area contributed by atoms with E-state index in [-0.39, 0.29) is 11.3 Å². The Morgan fingerprint density at radius 3 is 2.73 bits per heavy atom. The lowest BCUT2D eigenvalue weighted by Crippen LogP contribution is -1.96. The first-order valence-electron chi connectivity index (χ1n) is 3.08. The molecule has 0 saturated carbocycles. The first-order valence-corrected chi connectivity index (χ1v) is 3.08. The number of rotatable bonds is 2. The average molecular weight is 159 g/mol. The second-order valence-corrected chi connectivity index (χ2v) is 2.00. The van der Waals surface area contributed by atoms with Gasteiger partial charge in [0.25, 0.3) is 6.43 Å². The molecule has 0 amide bonds. The molecule has 0 aliphatic rings. The fourth-order valence-electron chi connectivity index (χ4n) is 0.781. The zero-order valence-electron chi connectivity index (χ0n) is 5.67. The van der Waals surface area contributed by atoms with Crippen molar-refractivity contribution >= 4 is 0 Å². The number of halogens is 2. The number of nitrogens with zero attached hydrogens (tertiary/aromatic N) is 1. The first-order chi connectivity index (χ1) is 5.25. The molecule has 0 atom stereocenters. The number of hydrogen-bond acceptors (Lipinski definition) is 2. The van der Waals surface area contributed by atoms with E-state index in [0.717, 1.165) is 0 Å². The zero-order valence-corrected chi connectivity index (χ0v) is 5.67. The van der Waals surface area contributed by atoms with E-state index in [4.69, 9.17) is 5.11 Å². The van der Waals surface area contributed by atoms with Gasteiger partial charge in [0.1, 0.15) is 0 Å². The van der Waals surface area contributed by atoms with E-state index in [1.807, 2.05) is 0 Å². The summed E-state index contributed by atoms with van der Waals surface area (Å²) in [6, 6.07) is 2.67. The zero-order chi connectivity index (χ0) is 8.27. The molecule has 1 heterocycles. The summed E-state index contributed by atoms with van der Waals surface area (Å²) in [5.74, 6) is 0. The summed E-state index contributed by atoms with van der Waals surface area (Å²) in [6.07, 6.45) is -1.19. The summed E-state index contributed by atoms with van der Waals surface area (Å²) in [7, 11) is 0. The molecule has 2 nitrogen and oxygen atoms in total. The molecular formula is C7H7F2NO. The van der Waals surface area contributed by atoms with Crippen LogP contribution in [-0.4, -0.2) is 10.1 Å². The Kier molecular flexibility index (Phi) is 2.48. The lowest BCUT2D eigenvalue weighted by atomic mass is 10.2. The molecule has 1 aromatic heterocycles. The van der Waals surface area contributed by atoms with Crippen LogP contribution in [0, 0.1) is 0 Å². The van der Waals surface area contributed by atoms with E-state index in [9.17, 15) is 8.78 Å². The van der Waals surface area contributed by atoms with Crippen molar-refractivity contribution in [1.29, 1.82) is 0 Å². The topological polar surface area (TPSA) is 33.1 Å². The van der Waals surface area contributed by atoms with Gasteiger partial charge in [0.2, 0.25) is 0 Å². The molecule has 0 aliphatic heterocycles. The predicted molar refractivity (Wildman–Crippen MR) is 35.1 cm³/mol. The summed E-state index contributed by atoms with van der Waals surface area (Å²) in [5.41, 5.74) is -0.155. The number of hydrogen-bond donors (Lipinski definition) is 1. The molecule has 0 aliphatic carbocycles. The highest BCUT2D eigenvalue weighted by Gasteiger charge is 2.11. The van der Waals surface area contributed by atoms with Crippen LogP contribution in [0.3, 0.4) is 0 Å². The third kappa shape index (κ3) is 1.71. The Morgan fingerprint density at radius 2 is 2.27 bits per heavy atom. The van der Waals surface area contributed by atoms with Crippen LogP contribution in [-0.2, 0) is 6.61 Å². The molecule has 11 heavy (non-hydrogen) atoms. The lowest BCUT2D eigenvalue weighted by molar-refractivity contribution is 0.146. The molecule has 0 aromatic carbocycles. The Balaban J connectivity index is 3.02. The Hall–Kier alpha value is -1.03. The largest absolute Gasteiger partial charge is 0.390 e. The van der Waals surface area contributed by atoms with Crippen LogP contribution in [0.2, 0.25) is 0 Å². The van der Waals surface area contributed by atoms with Gasteiger partial charge in [-0.25, -0.2) is 8.78 Å². The molecule has 60 valence electrons. The molecular weight excluding hydrogens is 152 g/mol. The Bertz CT molecular complexity index is 240. The quantitative estimate of drug-likeness (QED) is 0.709. The summed E-state index contributed by atoms with van der Waals surface area (Å²) < 4.78 is 24.1. The van der Waals surface area contributed by atoms with Gasteiger partial charge in [0.15, 0.2) is 0 Å². The highest BCUT2D eigenvalue weighted by molar-refractivity contribution is 5.19. The molecule has 4 heteroatoms. The SMILES string of the molecule is OCc1ncccc1C(F)F. The maximum atomic E-state index is 12.1. The van der Waals surface area contributed by atoms with Gasteiger partial charge in [0.05, 0.1) is 12.3 Å². The lowest BCUT2D eigenvalue weighted by Gasteiger charge is -2.02. The number of aliphatic hydroxyl groups excluding tert-OH is 1. The highest BCUT2D eigenvalue weighted by Crippen LogP contribution is 2.20. The van der Waals surface area contributed by atoms with Crippen molar-refractivity contribution < 1.29 is 13.9 Å². The van der Waals surface area contributed by atoms with Gasteiger partial charge in [-0.1, -0.05) is 0 Å². The van der Waals surface area contributed by atoms with Gasteiger partial charge in [-0.05, 0) is 12.1 Å². The predicted octanol–water partition coefficient (Wildman–Crippen LogP) is 1.51. The maximum Gasteiger partial charge on any atom is 0.265 e. The van der Waals surface area contributed by atoms with E-state index < -0.39 is 13.0 Å². The fourth-order valence-corrected chi connectivity index (χ4v) is 0.781. The summed E-state index contributed by atoms with van der Waals surface area (Å²) in [4.78, 5) is 3.59. The number of alkyl halides is 2. The summed E-state index contributed by atoms with van der Waals surface area (Å²) in [6.45, 7) is -0.444. The summed E-state index contributed by atoms with van der Waals surface area (Å²) >= 11 is 0. The smallest absolute Gasteiger partial charge is 0.265 e. The van der Waals surface area contributed by atoms with Gasteiger partial charge in [-0.3, -0.25) is 4.98 Å².